The van der Waals surface area contributed by atoms with E-state index in [4.69, 9.17) is 4.42 Å². The van der Waals surface area contributed by atoms with Gasteiger partial charge in [-0.05, 0) is 103 Å². The summed E-state index contributed by atoms with van der Waals surface area (Å²) in [5.74, 6) is 0. The van der Waals surface area contributed by atoms with Crippen LogP contribution in [0.15, 0.2) is 168 Å². The summed E-state index contributed by atoms with van der Waals surface area (Å²) in [7, 11) is 0. The molecule has 0 bridgehead atoms. The number of benzene rings is 7. The molecule has 1 atom stereocenters. The average Bonchev–Trinajstić information content (AvgIpc) is 3.87. The van der Waals surface area contributed by atoms with Crippen LogP contribution in [-0.2, 0) is 16.2 Å². The second-order valence-electron chi connectivity index (χ2n) is 18.4. The monoisotopic (exact) mass is 759 g/mol. The predicted molar refractivity (Wildman–Crippen MR) is 245 cm³/mol. The lowest BCUT2D eigenvalue weighted by Crippen LogP contribution is -2.27. The van der Waals surface area contributed by atoms with Crippen molar-refractivity contribution in [2.75, 3.05) is 4.90 Å². The first kappa shape index (κ1) is 35.4. The fourth-order valence-corrected chi connectivity index (χ4v) is 9.96. The van der Waals surface area contributed by atoms with Gasteiger partial charge in [-0.25, -0.2) is 0 Å². The molecule has 284 valence electrons. The summed E-state index contributed by atoms with van der Waals surface area (Å²) in [5.41, 5.74) is 19.2. The lowest BCUT2D eigenvalue weighted by Gasteiger charge is -2.34. The summed E-state index contributed by atoms with van der Waals surface area (Å²) in [4.78, 5) is 2.51. The maximum absolute atomic E-state index is 6.62. The van der Waals surface area contributed by atoms with Crippen molar-refractivity contribution in [1.82, 2.24) is 0 Å². The molecule has 0 radical (unpaired) electrons. The third kappa shape index (κ3) is 5.14. The predicted octanol–water partition coefficient (Wildman–Crippen LogP) is 15.3. The van der Waals surface area contributed by atoms with E-state index in [1.807, 2.05) is 6.07 Å². The fourth-order valence-electron chi connectivity index (χ4n) is 9.96. The van der Waals surface area contributed by atoms with Crippen LogP contribution in [0.1, 0.15) is 74.9 Å². The molecule has 0 amide bonds. The van der Waals surface area contributed by atoms with E-state index >= 15 is 0 Å². The van der Waals surface area contributed by atoms with Gasteiger partial charge in [-0.15, -0.1) is 0 Å². The van der Waals surface area contributed by atoms with Gasteiger partial charge >= 0.3 is 0 Å². The largest absolute Gasteiger partial charge is 0.456 e. The molecule has 11 rings (SSSR count). The minimum atomic E-state index is -0.563. The molecular weight excluding hydrogens is 715 g/mol. The van der Waals surface area contributed by atoms with Crippen LogP contribution in [0.25, 0.3) is 55.3 Å². The van der Waals surface area contributed by atoms with Crippen LogP contribution >= 0.6 is 0 Å². The minimum Gasteiger partial charge on any atom is -0.456 e. The first-order chi connectivity index (χ1) is 28.5. The number of hydrogen-bond donors (Lipinski definition) is 0. The van der Waals surface area contributed by atoms with Crippen LogP contribution in [0.2, 0.25) is 0 Å². The molecule has 0 aliphatic heterocycles. The molecule has 59 heavy (non-hydrogen) atoms. The first-order valence-corrected chi connectivity index (χ1v) is 20.8. The Hall–Kier alpha value is -6.82. The van der Waals surface area contributed by atoms with Crippen LogP contribution in [-0.4, -0.2) is 0 Å². The summed E-state index contributed by atoms with van der Waals surface area (Å²) in [6.07, 6.45) is 0. The van der Waals surface area contributed by atoms with Crippen molar-refractivity contribution < 1.29 is 4.42 Å². The van der Waals surface area contributed by atoms with Gasteiger partial charge in [-0.3, -0.25) is 0 Å². The van der Waals surface area contributed by atoms with Gasteiger partial charge in [0.15, 0.2) is 0 Å². The summed E-state index contributed by atoms with van der Waals surface area (Å²) >= 11 is 0. The molecule has 2 heteroatoms. The topological polar surface area (TPSA) is 16.4 Å². The van der Waals surface area contributed by atoms with Gasteiger partial charge in [-0.1, -0.05) is 169 Å². The van der Waals surface area contributed by atoms with E-state index < -0.39 is 5.41 Å². The SMILES string of the molecule is CC(C)(C)c1ccc2c(c1)C1(c3ccc#cc3-c3ccccc31)c1cc(C(C)(C)C)cc(N(c3ccc4c(c3)oc3ccccc34)c3ccccc3-c3ccccc3)c1-2. The number of fused-ring (bicyclic) bond motifs is 13. The normalized spacial score (nSPS) is 13.6. The summed E-state index contributed by atoms with van der Waals surface area (Å²) < 4.78 is 6.62. The highest BCUT2D eigenvalue weighted by molar-refractivity contribution is 6.08. The number of nitrogens with zero attached hydrogens (tertiary/aromatic N) is 1. The molecule has 0 fully saturated rings. The Labute approximate surface area is 347 Å². The average molecular weight is 760 g/mol. The van der Waals surface area contributed by atoms with Crippen LogP contribution in [0, 0.1) is 12.1 Å². The Balaban J connectivity index is 1.31. The van der Waals surface area contributed by atoms with Crippen LogP contribution < -0.4 is 4.90 Å². The van der Waals surface area contributed by atoms with E-state index in [1.165, 1.54) is 55.6 Å². The van der Waals surface area contributed by atoms with E-state index in [0.29, 0.717) is 0 Å². The zero-order valence-corrected chi connectivity index (χ0v) is 34.4. The molecule has 0 saturated carbocycles. The molecule has 1 unspecified atom stereocenters. The highest BCUT2D eigenvalue weighted by atomic mass is 16.3. The molecule has 8 aromatic carbocycles. The molecule has 9 aromatic rings. The Morgan fingerprint density at radius 1 is 0.492 bits per heavy atom. The zero-order chi connectivity index (χ0) is 40.3. The number of furan rings is 1. The van der Waals surface area contributed by atoms with Gasteiger partial charge in [0.25, 0.3) is 0 Å². The summed E-state index contributed by atoms with van der Waals surface area (Å²) in [5, 5.41) is 2.24. The Morgan fingerprint density at radius 3 is 2.00 bits per heavy atom. The third-order valence-corrected chi connectivity index (χ3v) is 12.8. The molecule has 1 spiro atoms. The molecule has 0 saturated heterocycles. The number of anilines is 3. The van der Waals surface area contributed by atoms with Gasteiger partial charge in [0.1, 0.15) is 11.2 Å². The van der Waals surface area contributed by atoms with Crippen molar-refractivity contribution in [2.24, 2.45) is 0 Å². The maximum atomic E-state index is 6.62. The van der Waals surface area contributed by atoms with Crippen molar-refractivity contribution in [3.63, 3.8) is 0 Å². The van der Waals surface area contributed by atoms with Gasteiger partial charge in [0, 0.05) is 39.2 Å². The van der Waals surface area contributed by atoms with Gasteiger partial charge in [0.2, 0.25) is 0 Å². The molecular formula is C57H45NO. The number of hydrogen-bond acceptors (Lipinski definition) is 2. The van der Waals surface area contributed by atoms with Gasteiger partial charge < -0.3 is 9.32 Å². The lowest BCUT2D eigenvalue weighted by atomic mass is 9.69. The maximum Gasteiger partial charge on any atom is 0.137 e. The molecule has 2 aliphatic rings. The number of para-hydroxylation sites is 2. The van der Waals surface area contributed by atoms with Crippen molar-refractivity contribution in [3.8, 4) is 33.4 Å². The van der Waals surface area contributed by atoms with Crippen molar-refractivity contribution in [2.45, 2.75) is 57.8 Å². The molecule has 1 aromatic heterocycles. The lowest BCUT2D eigenvalue weighted by molar-refractivity contribution is 0.586. The van der Waals surface area contributed by atoms with E-state index in [2.05, 4.69) is 216 Å². The van der Waals surface area contributed by atoms with E-state index in [0.717, 1.165) is 50.1 Å². The molecule has 1 heterocycles. The smallest absolute Gasteiger partial charge is 0.137 e. The Bertz CT molecular complexity index is 3090. The first-order valence-electron chi connectivity index (χ1n) is 20.8. The highest BCUT2D eigenvalue weighted by Gasteiger charge is 2.53. The zero-order valence-electron chi connectivity index (χ0n) is 34.4. The third-order valence-electron chi connectivity index (χ3n) is 12.8. The van der Waals surface area contributed by atoms with Gasteiger partial charge in [-0.2, -0.15) is 0 Å². The van der Waals surface area contributed by atoms with E-state index in [-0.39, 0.29) is 10.8 Å². The van der Waals surface area contributed by atoms with Crippen LogP contribution in [0.4, 0.5) is 17.1 Å². The number of rotatable bonds is 4. The molecule has 2 nitrogen and oxygen atoms in total. The van der Waals surface area contributed by atoms with Crippen LogP contribution in [0.3, 0.4) is 0 Å². The fraction of sp³-hybridized carbons (Fsp3) is 0.158. The summed E-state index contributed by atoms with van der Waals surface area (Å²) in [6, 6.07) is 67.3. The molecule has 2 aliphatic carbocycles. The minimum absolute atomic E-state index is 0.0510. The van der Waals surface area contributed by atoms with Crippen molar-refractivity contribution >= 4 is 39.0 Å². The standard InChI is InChI=1S/C57H45NO/c1-55(2,3)37-28-30-45-48(32-37)57(46-24-14-10-21-41(46)42-22-11-15-25-47(42)57)49-33-38(56(4,5)6)34-51(54(45)49)58(50-26-16-12-20-40(50)36-18-8-7-9-19-36)39-29-31-44-43-23-13-17-27-52(43)59-53(44)35-39/h7-10,12-21,23-35H,1-6H3. The van der Waals surface area contributed by atoms with Crippen LogP contribution in [0.5, 0.6) is 0 Å². The van der Waals surface area contributed by atoms with Crippen molar-refractivity contribution in [3.05, 3.63) is 209 Å². The van der Waals surface area contributed by atoms with E-state index in [1.54, 1.807) is 0 Å². The quantitative estimate of drug-likeness (QED) is 0.178. The Morgan fingerprint density at radius 2 is 1.19 bits per heavy atom. The summed E-state index contributed by atoms with van der Waals surface area (Å²) in [6.45, 7) is 14.0. The van der Waals surface area contributed by atoms with Gasteiger partial charge in [0.05, 0.1) is 16.8 Å². The molecule has 0 N–H and O–H groups in total. The van der Waals surface area contributed by atoms with Crippen molar-refractivity contribution in [1.29, 1.82) is 0 Å². The second-order valence-corrected chi connectivity index (χ2v) is 18.4. The Kier molecular flexibility index (Phi) is 7.54. The second kappa shape index (κ2) is 12.6. The highest BCUT2D eigenvalue weighted by Crippen LogP contribution is 2.65. The van der Waals surface area contributed by atoms with E-state index in [9.17, 15) is 0 Å².